The molecule has 0 aromatic heterocycles. The Labute approximate surface area is 102 Å². The molecule has 0 spiro atoms. The Morgan fingerprint density at radius 1 is 1.41 bits per heavy atom. The molecule has 1 aliphatic rings. The number of carboxylic acids is 1. The van der Waals surface area contributed by atoms with Crippen LogP contribution in [0.2, 0.25) is 0 Å². The van der Waals surface area contributed by atoms with Crippen LogP contribution in [0.5, 0.6) is 0 Å². The zero-order valence-corrected chi connectivity index (χ0v) is 10.5. The van der Waals surface area contributed by atoms with E-state index < -0.39 is 11.4 Å². The van der Waals surface area contributed by atoms with Gasteiger partial charge in [0, 0.05) is 6.54 Å². The maximum atomic E-state index is 11.4. The molecule has 1 saturated carbocycles. The van der Waals surface area contributed by atoms with Crippen molar-refractivity contribution < 1.29 is 14.7 Å². The normalized spacial score (nSPS) is 29.2. The molecule has 1 aliphatic carbocycles. The Morgan fingerprint density at radius 3 is 2.47 bits per heavy atom. The van der Waals surface area contributed by atoms with Crippen molar-refractivity contribution >= 4 is 11.9 Å². The topological polar surface area (TPSA) is 66.4 Å². The van der Waals surface area contributed by atoms with Crippen LogP contribution in [0, 0.1) is 11.3 Å². The zero-order chi connectivity index (χ0) is 12.9. The van der Waals surface area contributed by atoms with Gasteiger partial charge in [-0.1, -0.05) is 13.0 Å². The third-order valence-corrected chi connectivity index (χ3v) is 3.60. The van der Waals surface area contributed by atoms with Gasteiger partial charge in [-0.2, -0.15) is 0 Å². The second-order valence-corrected chi connectivity index (χ2v) is 4.99. The lowest BCUT2D eigenvalue weighted by atomic mass is 9.71. The zero-order valence-electron chi connectivity index (χ0n) is 10.5. The van der Waals surface area contributed by atoms with Crippen LogP contribution >= 0.6 is 0 Å². The summed E-state index contributed by atoms with van der Waals surface area (Å²) in [5.41, 5.74) is -0.760. The fourth-order valence-electron chi connectivity index (χ4n) is 2.25. The number of aliphatic carboxylic acids is 1. The second kappa shape index (κ2) is 5.84. The van der Waals surface area contributed by atoms with Gasteiger partial charge in [0.15, 0.2) is 0 Å². The van der Waals surface area contributed by atoms with E-state index in [1.807, 2.05) is 0 Å². The Morgan fingerprint density at radius 2 is 2.00 bits per heavy atom. The van der Waals surface area contributed by atoms with E-state index in [4.69, 9.17) is 0 Å². The van der Waals surface area contributed by atoms with E-state index >= 15 is 0 Å². The Bertz CT molecular complexity index is 315. The van der Waals surface area contributed by atoms with Crippen molar-refractivity contribution in [2.24, 2.45) is 11.3 Å². The quantitative estimate of drug-likeness (QED) is 0.737. The highest BCUT2D eigenvalue weighted by atomic mass is 16.4. The molecule has 4 nitrogen and oxygen atoms in total. The number of allylic oxidation sites excluding steroid dienone is 1. The molecule has 96 valence electrons. The minimum absolute atomic E-state index is 0.216. The minimum Gasteiger partial charge on any atom is -0.481 e. The number of hydrogen-bond donors (Lipinski definition) is 2. The molecule has 0 radical (unpaired) electrons. The van der Waals surface area contributed by atoms with Crippen LogP contribution < -0.4 is 5.32 Å². The maximum Gasteiger partial charge on any atom is 0.311 e. The van der Waals surface area contributed by atoms with Gasteiger partial charge in [-0.05, 0) is 44.6 Å². The van der Waals surface area contributed by atoms with E-state index in [-0.39, 0.29) is 12.5 Å². The van der Waals surface area contributed by atoms with E-state index in [1.54, 1.807) is 13.0 Å². The maximum absolute atomic E-state index is 11.4. The monoisotopic (exact) mass is 239 g/mol. The Hall–Kier alpha value is -1.32. The average molecular weight is 239 g/mol. The van der Waals surface area contributed by atoms with Crippen molar-refractivity contribution in [1.29, 1.82) is 0 Å². The lowest BCUT2D eigenvalue weighted by Gasteiger charge is -2.35. The van der Waals surface area contributed by atoms with Gasteiger partial charge in [0.2, 0.25) is 5.91 Å². The van der Waals surface area contributed by atoms with E-state index in [9.17, 15) is 14.7 Å². The van der Waals surface area contributed by atoms with Gasteiger partial charge < -0.3 is 10.4 Å². The summed E-state index contributed by atoms with van der Waals surface area (Å²) in [5, 5.41) is 12.0. The summed E-state index contributed by atoms with van der Waals surface area (Å²) in [6.07, 6.45) is 6.21. The third-order valence-electron chi connectivity index (χ3n) is 3.60. The first kappa shape index (κ1) is 13.7. The summed E-state index contributed by atoms with van der Waals surface area (Å²) in [5.74, 6) is -0.411. The van der Waals surface area contributed by atoms with Gasteiger partial charge in [-0.3, -0.25) is 9.59 Å². The molecule has 0 aliphatic heterocycles. The predicted molar refractivity (Wildman–Crippen MR) is 65.5 cm³/mol. The predicted octanol–water partition coefficient (Wildman–Crippen LogP) is 1.96. The number of hydrogen-bond acceptors (Lipinski definition) is 2. The SMILES string of the molecule is C/C=C/C(=O)NCC1(C(=O)O)CCC(C)CC1. The fraction of sp³-hybridized carbons (Fsp3) is 0.692. The van der Waals surface area contributed by atoms with Crippen LogP contribution in [0.15, 0.2) is 12.2 Å². The van der Waals surface area contributed by atoms with Crippen molar-refractivity contribution in [2.75, 3.05) is 6.54 Å². The van der Waals surface area contributed by atoms with Gasteiger partial charge in [0.1, 0.15) is 0 Å². The number of carbonyl (C=O) groups is 2. The molecule has 0 atom stereocenters. The lowest BCUT2D eigenvalue weighted by Crippen LogP contribution is -2.44. The Balaban J connectivity index is 2.60. The van der Waals surface area contributed by atoms with Crippen molar-refractivity contribution in [1.82, 2.24) is 5.32 Å². The molecule has 1 rings (SSSR count). The van der Waals surface area contributed by atoms with E-state index in [0.29, 0.717) is 18.8 Å². The number of nitrogens with one attached hydrogen (secondary N) is 1. The fourth-order valence-corrected chi connectivity index (χ4v) is 2.25. The summed E-state index contributed by atoms with van der Waals surface area (Å²) in [7, 11) is 0. The van der Waals surface area contributed by atoms with Gasteiger partial charge in [-0.15, -0.1) is 0 Å². The third kappa shape index (κ3) is 3.58. The summed E-state index contributed by atoms with van der Waals surface area (Å²) < 4.78 is 0. The molecule has 2 N–H and O–H groups in total. The van der Waals surface area contributed by atoms with Crippen LogP contribution in [-0.2, 0) is 9.59 Å². The van der Waals surface area contributed by atoms with Crippen molar-refractivity contribution in [3.05, 3.63) is 12.2 Å². The molecule has 0 unspecified atom stereocenters. The smallest absolute Gasteiger partial charge is 0.311 e. The van der Waals surface area contributed by atoms with E-state index in [0.717, 1.165) is 12.8 Å². The van der Waals surface area contributed by atoms with Gasteiger partial charge in [-0.25, -0.2) is 0 Å². The van der Waals surface area contributed by atoms with E-state index in [2.05, 4.69) is 12.2 Å². The molecule has 0 bridgehead atoms. The lowest BCUT2D eigenvalue weighted by molar-refractivity contribution is -0.151. The van der Waals surface area contributed by atoms with Crippen molar-refractivity contribution in [3.63, 3.8) is 0 Å². The molecule has 17 heavy (non-hydrogen) atoms. The molecule has 1 amide bonds. The minimum atomic E-state index is -0.787. The average Bonchev–Trinajstić information content (AvgIpc) is 2.29. The summed E-state index contributed by atoms with van der Waals surface area (Å²) in [6.45, 7) is 4.14. The highest BCUT2D eigenvalue weighted by Gasteiger charge is 2.41. The molecule has 0 saturated heterocycles. The first-order valence-corrected chi connectivity index (χ1v) is 6.14. The van der Waals surface area contributed by atoms with Gasteiger partial charge >= 0.3 is 5.97 Å². The molecular formula is C13H21NO3. The summed E-state index contributed by atoms with van der Waals surface area (Å²) in [6, 6.07) is 0. The van der Waals surface area contributed by atoms with E-state index in [1.165, 1.54) is 6.08 Å². The molecule has 0 heterocycles. The second-order valence-electron chi connectivity index (χ2n) is 4.99. The number of carboxylic acid groups (broad SMARTS) is 1. The van der Waals surface area contributed by atoms with Crippen LogP contribution in [0.25, 0.3) is 0 Å². The number of carbonyl (C=O) groups excluding carboxylic acids is 1. The number of rotatable bonds is 4. The van der Waals surface area contributed by atoms with Crippen molar-refractivity contribution in [3.8, 4) is 0 Å². The van der Waals surface area contributed by atoms with Gasteiger partial charge in [0.25, 0.3) is 0 Å². The van der Waals surface area contributed by atoms with Crippen LogP contribution in [0.4, 0.5) is 0 Å². The molecule has 1 fully saturated rings. The van der Waals surface area contributed by atoms with Gasteiger partial charge in [0.05, 0.1) is 5.41 Å². The van der Waals surface area contributed by atoms with Crippen LogP contribution in [0.3, 0.4) is 0 Å². The molecular weight excluding hydrogens is 218 g/mol. The van der Waals surface area contributed by atoms with Crippen LogP contribution in [0.1, 0.15) is 39.5 Å². The molecule has 4 heteroatoms. The summed E-state index contributed by atoms with van der Waals surface area (Å²) >= 11 is 0. The number of amides is 1. The highest BCUT2D eigenvalue weighted by molar-refractivity contribution is 5.88. The standard InChI is InChI=1S/C13H21NO3/c1-3-4-11(15)14-9-13(12(16)17)7-5-10(2)6-8-13/h3-4,10H,5-9H2,1-2H3,(H,14,15)(H,16,17)/b4-3+. The molecule has 0 aromatic rings. The van der Waals surface area contributed by atoms with Crippen LogP contribution in [-0.4, -0.2) is 23.5 Å². The Kier molecular flexibility index (Phi) is 4.73. The first-order valence-electron chi connectivity index (χ1n) is 6.14. The first-order chi connectivity index (χ1) is 8.00. The summed E-state index contributed by atoms with van der Waals surface area (Å²) in [4.78, 5) is 22.7. The largest absolute Gasteiger partial charge is 0.481 e. The molecule has 0 aromatic carbocycles. The highest BCUT2D eigenvalue weighted by Crippen LogP contribution is 2.38. The van der Waals surface area contributed by atoms with Crippen molar-refractivity contribution in [2.45, 2.75) is 39.5 Å².